The Morgan fingerprint density at radius 2 is 1.95 bits per heavy atom. The zero-order valence-electron chi connectivity index (χ0n) is 10.6. The van der Waals surface area contributed by atoms with Crippen molar-refractivity contribution in [3.63, 3.8) is 0 Å². The van der Waals surface area contributed by atoms with Crippen molar-refractivity contribution < 1.29 is 13.5 Å². The van der Waals surface area contributed by atoms with Gasteiger partial charge in [-0.2, -0.15) is 0 Å². The molecule has 0 aliphatic heterocycles. The number of halogens is 2. The number of hydrogen-bond acceptors (Lipinski definition) is 2. The minimum atomic E-state index is -0.605. The molecule has 1 unspecified atom stereocenters. The van der Waals surface area contributed by atoms with E-state index < -0.39 is 11.6 Å². The molecule has 0 aliphatic rings. The Kier molecular flexibility index (Phi) is 4.12. The SMILES string of the molecule is CCC(N)c1cccc(Oc2cc(F)ccc2F)c1. The molecule has 0 aromatic heterocycles. The maximum absolute atomic E-state index is 13.5. The largest absolute Gasteiger partial charge is 0.454 e. The van der Waals surface area contributed by atoms with E-state index in [9.17, 15) is 8.78 Å². The van der Waals surface area contributed by atoms with Gasteiger partial charge in [0.05, 0.1) is 0 Å². The van der Waals surface area contributed by atoms with Crippen molar-refractivity contribution in [3.05, 3.63) is 59.7 Å². The van der Waals surface area contributed by atoms with Crippen LogP contribution in [0.4, 0.5) is 8.78 Å². The second kappa shape index (κ2) is 5.80. The summed E-state index contributed by atoms with van der Waals surface area (Å²) in [5.41, 5.74) is 6.82. The summed E-state index contributed by atoms with van der Waals surface area (Å²) in [6, 6.07) is 10.1. The van der Waals surface area contributed by atoms with Crippen LogP contribution in [0.5, 0.6) is 11.5 Å². The molecule has 0 bridgehead atoms. The Morgan fingerprint density at radius 1 is 1.16 bits per heavy atom. The first-order valence-electron chi connectivity index (χ1n) is 6.08. The van der Waals surface area contributed by atoms with Crippen LogP contribution in [0.2, 0.25) is 0 Å². The van der Waals surface area contributed by atoms with Crippen LogP contribution >= 0.6 is 0 Å². The molecule has 2 aromatic rings. The van der Waals surface area contributed by atoms with Crippen LogP contribution in [-0.2, 0) is 0 Å². The van der Waals surface area contributed by atoms with E-state index in [0.717, 1.165) is 30.2 Å². The molecule has 0 fully saturated rings. The highest BCUT2D eigenvalue weighted by Gasteiger charge is 2.08. The Hall–Kier alpha value is -1.94. The molecular formula is C15H15F2NO. The lowest BCUT2D eigenvalue weighted by molar-refractivity contribution is 0.435. The average Bonchev–Trinajstić information content (AvgIpc) is 2.42. The molecule has 19 heavy (non-hydrogen) atoms. The Bertz CT molecular complexity index is 572. The van der Waals surface area contributed by atoms with Crippen molar-refractivity contribution in [1.29, 1.82) is 0 Å². The van der Waals surface area contributed by atoms with Crippen LogP contribution in [0.3, 0.4) is 0 Å². The van der Waals surface area contributed by atoms with E-state index in [1.54, 1.807) is 18.2 Å². The Morgan fingerprint density at radius 3 is 2.68 bits per heavy atom. The molecule has 2 aromatic carbocycles. The van der Waals surface area contributed by atoms with E-state index >= 15 is 0 Å². The van der Waals surface area contributed by atoms with E-state index in [4.69, 9.17) is 10.5 Å². The molecule has 2 N–H and O–H groups in total. The van der Waals surface area contributed by atoms with Gasteiger partial charge < -0.3 is 10.5 Å². The topological polar surface area (TPSA) is 35.2 Å². The summed E-state index contributed by atoms with van der Waals surface area (Å²) < 4.78 is 31.9. The second-order valence-electron chi connectivity index (χ2n) is 4.26. The summed E-state index contributed by atoms with van der Waals surface area (Å²) >= 11 is 0. The smallest absolute Gasteiger partial charge is 0.165 e. The molecule has 0 saturated heterocycles. The minimum Gasteiger partial charge on any atom is -0.454 e. The molecular weight excluding hydrogens is 248 g/mol. The summed E-state index contributed by atoms with van der Waals surface area (Å²) in [6.45, 7) is 1.98. The maximum Gasteiger partial charge on any atom is 0.165 e. The fourth-order valence-electron chi connectivity index (χ4n) is 1.73. The number of hydrogen-bond donors (Lipinski definition) is 1. The van der Waals surface area contributed by atoms with Gasteiger partial charge >= 0.3 is 0 Å². The van der Waals surface area contributed by atoms with E-state index in [1.165, 1.54) is 0 Å². The van der Waals surface area contributed by atoms with Crippen LogP contribution in [0.15, 0.2) is 42.5 Å². The van der Waals surface area contributed by atoms with Gasteiger partial charge in [0.1, 0.15) is 11.6 Å². The van der Waals surface area contributed by atoms with Crippen LogP contribution in [0.1, 0.15) is 24.9 Å². The number of nitrogens with two attached hydrogens (primary N) is 1. The summed E-state index contributed by atoms with van der Waals surface area (Å²) in [7, 11) is 0. The Balaban J connectivity index is 2.26. The van der Waals surface area contributed by atoms with Crippen LogP contribution in [0.25, 0.3) is 0 Å². The van der Waals surface area contributed by atoms with Gasteiger partial charge in [-0.3, -0.25) is 0 Å². The monoisotopic (exact) mass is 263 g/mol. The van der Waals surface area contributed by atoms with E-state index in [2.05, 4.69) is 0 Å². The van der Waals surface area contributed by atoms with Gasteiger partial charge in [-0.1, -0.05) is 19.1 Å². The molecule has 0 saturated carbocycles. The normalized spacial score (nSPS) is 12.2. The van der Waals surface area contributed by atoms with Crippen molar-refractivity contribution in [2.24, 2.45) is 5.73 Å². The zero-order valence-corrected chi connectivity index (χ0v) is 10.6. The lowest BCUT2D eigenvalue weighted by atomic mass is 10.1. The van der Waals surface area contributed by atoms with Gasteiger partial charge in [0.25, 0.3) is 0 Å². The molecule has 0 aliphatic carbocycles. The summed E-state index contributed by atoms with van der Waals surface area (Å²) in [6.07, 6.45) is 0.789. The first-order valence-corrected chi connectivity index (χ1v) is 6.08. The first-order chi connectivity index (χ1) is 9.10. The summed E-state index contributed by atoms with van der Waals surface area (Å²) in [5.74, 6) is -0.850. The lowest BCUT2D eigenvalue weighted by Crippen LogP contribution is -2.08. The third-order valence-electron chi connectivity index (χ3n) is 2.85. The molecule has 0 spiro atoms. The van der Waals surface area contributed by atoms with Crippen LogP contribution in [-0.4, -0.2) is 0 Å². The van der Waals surface area contributed by atoms with Gasteiger partial charge in [-0.15, -0.1) is 0 Å². The Labute approximate surface area is 110 Å². The molecule has 2 rings (SSSR count). The highest BCUT2D eigenvalue weighted by molar-refractivity contribution is 5.35. The fraction of sp³-hybridized carbons (Fsp3) is 0.200. The summed E-state index contributed by atoms with van der Waals surface area (Å²) in [4.78, 5) is 0. The molecule has 0 amide bonds. The van der Waals surface area contributed by atoms with Gasteiger partial charge in [0, 0.05) is 12.1 Å². The van der Waals surface area contributed by atoms with Gasteiger partial charge in [-0.25, -0.2) is 8.78 Å². The van der Waals surface area contributed by atoms with E-state index in [1.807, 2.05) is 13.0 Å². The minimum absolute atomic E-state index is 0.0964. The van der Waals surface area contributed by atoms with Crippen molar-refractivity contribution in [1.82, 2.24) is 0 Å². The molecule has 2 nitrogen and oxygen atoms in total. The van der Waals surface area contributed by atoms with Gasteiger partial charge in [-0.05, 0) is 36.2 Å². The quantitative estimate of drug-likeness (QED) is 0.898. The average molecular weight is 263 g/mol. The van der Waals surface area contributed by atoms with Gasteiger partial charge in [0.2, 0.25) is 0 Å². The fourth-order valence-corrected chi connectivity index (χ4v) is 1.73. The van der Waals surface area contributed by atoms with E-state index in [-0.39, 0.29) is 11.8 Å². The van der Waals surface area contributed by atoms with Crippen molar-refractivity contribution in [2.75, 3.05) is 0 Å². The number of rotatable bonds is 4. The second-order valence-corrected chi connectivity index (χ2v) is 4.26. The third kappa shape index (κ3) is 3.29. The number of benzene rings is 2. The standard InChI is InChI=1S/C15H15F2NO/c1-2-14(18)10-4-3-5-12(8-10)19-15-9-11(16)6-7-13(15)17/h3-9,14H,2,18H2,1H3. The lowest BCUT2D eigenvalue weighted by Gasteiger charge is -2.12. The molecule has 4 heteroatoms. The van der Waals surface area contributed by atoms with Crippen molar-refractivity contribution in [3.8, 4) is 11.5 Å². The van der Waals surface area contributed by atoms with E-state index in [0.29, 0.717) is 5.75 Å². The molecule has 1 atom stereocenters. The highest BCUT2D eigenvalue weighted by atomic mass is 19.1. The number of ether oxygens (including phenoxy) is 1. The maximum atomic E-state index is 13.5. The van der Waals surface area contributed by atoms with Crippen LogP contribution < -0.4 is 10.5 Å². The molecule has 0 radical (unpaired) electrons. The van der Waals surface area contributed by atoms with Crippen molar-refractivity contribution in [2.45, 2.75) is 19.4 Å². The van der Waals surface area contributed by atoms with Gasteiger partial charge in [0.15, 0.2) is 11.6 Å². The highest BCUT2D eigenvalue weighted by Crippen LogP contribution is 2.27. The zero-order chi connectivity index (χ0) is 13.8. The van der Waals surface area contributed by atoms with Crippen molar-refractivity contribution >= 4 is 0 Å². The summed E-state index contributed by atoms with van der Waals surface area (Å²) in [5, 5.41) is 0. The van der Waals surface area contributed by atoms with Crippen LogP contribution in [0, 0.1) is 11.6 Å². The molecule has 0 heterocycles. The molecule has 100 valence electrons. The predicted octanol–water partition coefficient (Wildman–Crippen LogP) is 4.17. The first kappa shape index (κ1) is 13.5. The predicted molar refractivity (Wildman–Crippen MR) is 70.1 cm³/mol. The third-order valence-corrected chi connectivity index (χ3v) is 2.85.